The summed E-state index contributed by atoms with van der Waals surface area (Å²) in [6.07, 6.45) is 3.49. The number of fused-ring (bicyclic) bond motifs is 1. The van der Waals surface area contributed by atoms with Crippen LogP contribution in [0.15, 0.2) is 38.4 Å². The largest absolute Gasteiger partial charge is 0.422 e. The quantitative estimate of drug-likeness (QED) is 0.796. The minimum Gasteiger partial charge on any atom is -0.422 e. The number of sulfonamides is 1. The van der Waals surface area contributed by atoms with Crippen molar-refractivity contribution in [3.63, 3.8) is 0 Å². The van der Waals surface area contributed by atoms with Crippen molar-refractivity contribution in [1.29, 1.82) is 0 Å². The summed E-state index contributed by atoms with van der Waals surface area (Å²) in [6.45, 7) is 0.784. The predicted octanol–water partition coefficient (Wildman–Crippen LogP) is 2.50. The smallest absolute Gasteiger partial charge is 0.356 e. The van der Waals surface area contributed by atoms with E-state index in [9.17, 15) is 17.6 Å². The van der Waals surface area contributed by atoms with E-state index in [4.69, 9.17) is 4.42 Å². The van der Waals surface area contributed by atoms with Crippen molar-refractivity contribution in [1.82, 2.24) is 4.31 Å². The van der Waals surface area contributed by atoms with Gasteiger partial charge in [-0.2, -0.15) is 4.31 Å². The highest BCUT2D eigenvalue weighted by Gasteiger charge is 2.29. The lowest BCUT2D eigenvalue weighted by molar-refractivity contribution is 0.419. The van der Waals surface area contributed by atoms with Gasteiger partial charge in [-0.05, 0) is 37.1 Å². The minimum absolute atomic E-state index is 0.168. The maximum Gasteiger partial charge on any atom is 0.356 e. The molecule has 7 heteroatoms. The Morgan fingerprint density at radius 3 is 2.41 bits per heavy atom. The van der Waals surface area contributed by atoms with Gasteiger partial charge >= 0.3 is 5.63 Å². The Labute approximate surface area is 127 Å². The molecule has 5 nitrogen and oxygen atoms in total. The molecule has 1 saturated heterocycles. The molecule has 0 spiro atoms. The summed E-state index contributed by atoms with van der Waals surface area (Å²) >= 11 is 0. The van der Waals surface area contributed by atoms with Gasteiger partial charge in [-0.1, -0.05) is 12.8 Å². The van der Waals surface area contributed by atoms with Crippen LogP contribution in [0.25, 0.3) is 11.0 Å². The fraction of sp³-hybridized carbons (Fsp3) is 0.400. The number of hydrogen-bond donors (Lipinski definition) is 0. The Kier molecular flexibility index (Phi) is 4.01. The second kappa shape index (κ2) is 5.81. The molecule has 118 valence electrons. The Morgan fingerprint density at radius 2 is 1.73 bits per heavy atom. The van der Waals surface area contributed by atoms with E-state index in [1.165, 1.54) is 16.4 Å². The van der Waals surface area contributed by atoms with E-state index in [1.807, 2.05) is 0 Å². The molecule has 2 aromatic rings. The van der Waals surface area contributed by atoms with Crippen LogP contribution in [0.4, 0.5) is 4.39 Å². The molecule has 1 aliphatic heterocycles. The summed E-state index contributed by atoms with van der Waals surface area (Å²) in [4.78, 5) is 11.6. The zero-order chi connectivity index (χ0) is 15.7. The van der Waals surface area contributed by atoms with Crippen molar-refractivity contribution < 1.29 is 17.2 Å². The molecule has 0 saturated carbocycles. The standard InChI is InChI=1S/C15H16FNO4S/c16-12-5-6-13-11(9-12)10-14(15(18)21-13)22(19,20)17-7-3-1-2-4-8-17/h5-6,9-10H,1-4,7-8H2. The number of benzene rings is 1. The second-order valence-electron chi connectivity index (χ2n) is 5.40. The first kappa shape index (κ1) is 15.2. The molecule has 1 aromatic carbocycles. The van der Waals surface area contributed by atoms with Crippen LogP contribution in [0, 0.1) is 5.82 Å². The Balaban J connectivity index is 2.11. The van der Waals surface area contributed by atoms with Crippen LogP contribution in [0.5, 0.6) is 0 Å². The van der Waals surface area contributed by atoms with Gasteiger partial charge < -0.3 is 4.42 Å². The van der Waals surface area contributed by atoms with Gasteiger partial charge in [0, 0.05) is 18.5 Å². The summed E-state index contributed by atoms with van der Waals surface area (Å²) in [5, 5.41) is 0.257. The number of rotatable bonds is 2. The van der Waals surface area contributed by atoms with E-state index in [-0.39, 0.29) is 11.0 Å². The molecule has 1 aliphatic rings. The molecule has 1 fully saturated rings. The van der Waals surface area contributed by atoms with Crippen molar-refractivity contribution >= 4 is 21.0 Å². The van der Waals surface area contributed by atoms with E-state index < -0.39 is 26.4 Å². The van der Waals surface area contributed by atoms with Crippen LogP contribution in [0.1, 0.15) is 25.7 Å². The van der Waals surface area contributed by atoms with E-state index in [0.717, 1.165) is 37.8 Å². The number of halogens is 1. The first-order chi connectivity index (χ1) is 10.5. The van der Waals surface area contributed by atoms with Crippen molar-refractivity contribution in [3.05, 3.63) is 40.5 Å². The van der Waals surface area contributed by atoms with Crippen LogP contribution in [0.2, 0.25) is 0 Å². The van der Waals surface area contributed by atoms with E-state index in [1.54, 1.807) is 0 Å². The average Bonchev–Trinajstić information content (AvgIpc) is 2.76. The van der Waals surface area contributed by atoms with E-state index >= 15 is 0 Å². The summed E-state index contributed by atoms with van der Waals surface area (Å²) < 4.78 is 45.0. The van der Waals surface area contributed by atoms with Gasteiger partial charge in [-0.15, -0.1) is 0 Å². The normalized spacial score (nSPS) is 17.5. The lowest BCUT2D eigenvalue weighted by Crippen LogP contribution is -2.34. The van der Waals surface area contributed by atoms with Crippen LogP contribution in [-0.2, 0) is 10.0 Å². The predicted molar refractivity (Wildman–Crippen MR) is 79.7 cm³/mol. The van der Waals surface area contributed by atoms with Gasteiger partial charge in [0.15, 0.2) is 4.90 Å². The van der Waals surface area contributed by atoms with Crippen molar-refractivity contribution in [2.75, 3.05) is 13.1 Å². The highest BCUT2D eigenvalue weighted by Crippen LogP contribution is 2.22. The summed E-state index contributed by atoms with van der Waals surface area (Å²) in [7, 11) is -3.92. The average molecular weight is 325 g/mol. The van der Waals surface area contributed by atoms with Crippen LogP contribution < -0.4 is 5.63 Å². The SMILES string of the molecule is O=c1oc2ccc(F)cc2cc1S(=O)(=O)N1CCCCCC1. The molecule has 0 atom stereocenters. The monoisotopic (exact) mass is 325 g/mol. The third-order valence-corrected chi connectivity index (χ3v) is 5.73. The van der Waals surface area contributed by atoms with Crippen LogP contribution in [0.3, 0.4) is 0 Å². The molecular formula is C15H16FNO4S. The molecule has 0 N–H and O–H groups in total. The molecule has 0 unspecified atom stereocenters. The Bertz CT molecular complexity index is 851. The van der Waals surface area contributed by atoms with Gasteiger partial charge in [-0.3, -0.25) is 0 Å². The Morgan fingerprint density at radius 1 is 1.05 bits per heavy atom. The molecular weight excluding hydrogens is 309 g/mol. The molecule has 0 aliphatic carbocycles. The highest BCUT2D eigenvalue weighted by atomic mass is 32.2. The Hall–Kier alpha value is -1.73. The number of hydrogen-bond acceptors (Lipinski definition) is 4. The van der Waals surface area contributed by atoms with Crippen molar-refractivity contribution in [2.24, 2.45) is 0 Å². The van der Waals surface area contributed by atoms with E-state index in [2.05, 4.69) is 0 Å². The fourth-order valence-electron chi connectivity index (χ4n) is 2.68. The van der Waals surface area contributed by atoms with E-state index in [0.29, 0.717) is 13.1 Å². The summed E-state index contributed by atoms with van der Waals surface area (Å²) in [6, 6.07) is 4.83. The lowest BCUT2D eigenvalue weighted by Gasteiger charge is -2.19. The van der Waals surface area contributed by atoms with Gasteiger partial charge in [0.25, 0.3) is 0 Å². The molecule has 0 radical (unpaired) electrons. The summed E-state index contributed by atoms with van der Waals surface area (Å²) in [5.74, 6) is -0.514. The van der Waals surface area contributed by atoms with Gasteiger partial charge in [0.1, 0.15) is 11.4 Å². The maximum absolute atomic E-state index is 13.3. The minimum atomic E-state index is -3.92. The van der Waals surface area contributed by atoms with Crippen LogP contribution in [-0.4, -0.2) is 25.8 Å². The topological polar surface area (TPSA) is 67.6 Å². The van der Waals surface area contributed by atoms with Gasteiger partial charge in [0.2, 0.25) is 10.0 Å². The molecule has 22 heavy (non-hydrogen) atoms. The highest BCUT2D eigenvalue weighted by molar-refractivity contribution is 7.89. The van der Waals surface area contributed by atoms with Crippen molar-refractivity contribution in [2.45, 2.75) is 30.6 Å². The molecule has 0 bridgehead atoms. The third-order valence-electron chi connectivity index (χ3n) is 3.85. The first-order valence-electron chi connectivity index (χ1n) is 7.22. The molecule has 0 amide bonds. The van der Waals surface area contributed by atoms with Crippen LogP contribution >= 0.6 is 0 Å². The van der Waals surface area contributed by atoms with Crippen molar-refractivity contribution in [3.8, 4) is 0 Å². The third kappa shape index (κ3) is 2.78. The zero-order valence-corrected chi connectivity index (χ0v) is 12.7. The maximum atomic E-state index is 13.3. The molecule has 2 heterocycles. The fourth-order valence-corrected chi connectivity index (χ4v) is 4.22. The molecule has 3 rings (SSSR count). The molecule has 1 aromatic heterocycles. The summed E-state index contributed by atoms with van der Waals surface area (Å²) in [5.41, 5.74) is -0.746. The number of nitrogens with zero attached hydrogens (tertiary/aromatic N) is 1. The lowest BCUT2D eigenvalue weighted by atomic mass is 10.2. The second-order valence-corrected chi connectivity index (χ2v) is 7.30. The zero-order valence-electron chi connectivity index (χ0n) is 11.9. The van der Waals surface area contributed by atoms with Gasteiger partial charge in [-0.25, -0.2) is 17.6 Å². The van der Waals surface area contributed by atoms with Gasteiger partial charge in [0.05, 0.1) is 0 Å². The first-order valence-corrected chi connectivity index (χ1v) is 8.66.